The van der Waals surface area contributed by atoms with Crippen LogP contribution in [0.1, 0.15) is 24.0 Å². The highest BCUT2D eigenvalue weighted by molar-refractivity contribution is 5.74. The number of hydrogen-bond donors (Lipinski definition) is 1. The second-order valence-electron chi connectivity index (χ2n) is 9.07. The van der Waals surface area contributed by atoms with Gasteiger partial charge in [-0.3, -0.25) is 23.4 Å². The number of likely N-dealkylation sites (tertiary alicyclic amines) is 1. The van der Waals surface area contributed by atoms with Crippen LogP contribution < -0.4 is 16.6 Å². The molecule has 3 heterocycles. The monoisotopic (exact) mass is 458 g/mol. The molecule has 1 fully saturated rings. The number of hydrogen-bond acceptors (Lipinski definition) is 5. The summed E-state index contributed by atoms with van der Waals surface area (Å²) in [5.74, 6) is 0.638. The van der Waals surface area contributed by atoms with Gasteiger partial charge in [-0.25, -0.2) is 4.79 Å². The van der Waals surface area contributed by atoms with Crippen LogP contribution in [0.4, 0.5) is 5.95 Å². The van der Waals surface area contributed by atoms with Gasteiger partial charge in [0.1, 0.15) is 0 Å². The van der Waals surface area contributed by atoms with E-state index in [-0.39, 0.29) is 17.3 Å². The van der Waals surface area contributed by atoms with Gasteiger partial charge in [-0.1, -0.05) is 60.7 Å². The van der Waals surface area contributed by atoms with Crippen LogP contribution in [-0.2, 0) is 27.2 Å². The zero-order chi connectivity index (χ0) is 23.7. The van der Waals surface area contributed by atoms with Crippen LogP contribution in [0.2, 0.25) is 0 Å². The molecule has 5 rings (SSSR count). The lowest BCUT2D eigenvalue weighted by molar-refractivity contribution is 0.211. The first-order chi connectivity index (χ1) is 16.5. The van der Waals surface area contributed by atoms with Crippen LogP contribution >= 0.6 is 0 Å². The van der Waals surface area contributed by atoms with E-state index < -0.39 is 0 Å². The molecule has 1 N–H and O–H groups in total. The highest BCUT2D eigenvalue weighted by Crippen LogP contribution is 2.22. The van der Waals surface area contributed by atoms with Gasteiger partial charge in [0.15, 0.2) is 11.2 Å². The number of fused-ring (bicyclic) bond motifs is 1. The van der Waals surface area contributed by atoms with E-state index in [1.807, 2.05) is 41.0 Å². The first kappa shape index (κ1) is 22.2. The van der Waals surface area contributed by atoms with Crippen LogP contribution in [0.25, 0.3) is 11.2 Å². The minimum Gasteiger partial charge on any atom is -0.353 e. The maximum Gasteiger partial charge on any atom is 0.332 e. The van der Waals surface area contributed by atoms with Gasteiger partial charge >= 0.3 is 5.69 Å². The molecular weight excluding hydrogens is 428 g/mol. The van der Waals surface area contributed by atoms with Crippen molar-refractivity contribution in [1.29, 1.82) is 0 Å². The third-order valence-corrected chi connectivity index (χ3v) is 6.70. The Morgan fingerprint density at radius 2 is 1.44 bits per heavy atom. The van der Waals surface area contributed by atoms with Crippen molar-refractivity contribution in [2.24, 2.45) is 14.1 Å². The maximum absolute atomic E-state index is 13.1. The molecule has 8 nitrogen and oxygen atoms in total. The summed E-state index contributed by atoms with van der Waals surface area (Å²) in [6, 6.07) is 20.8. The second kappa shape index (κ2) is 9.30. The summed E-state index contributed by atoms with van der Waals surface area (Å²) in [7, 11) is 3.18. The standard InChI is InChI=1S/C26H30N6O2/c1-29-23-22(24(33)30(2)26(29)34)32(18-20-11-7-4-8-12-20)25(28-23)27-21-13-15-31(16-14-21)17-19-9-5-3-6-10-19/h3-12,21H,13-18H2,1-2H3,(H,27,28). The molecule has 1 saturated heterocycles. The Labute approximate surface area is 198 Å². The normalized spacial score (nSPS) is 15.1. The zero-order valence-electron chi connectivity index (χ0n) is 19.6. The van der Waals surface area contributed by atoms with Gasteiger partial charge < -0.3 is 5.32 Å². The summed E-state index contributed by atoms with van der Waals surface area (Å²) in [5.41, 5.74) is 2.55. The van der Waals surface area contributed by atoms with Crippen molar-refractivity contribution in [3.05, 3.63) is 92.6 Å². The first-order valence-electron chi connectivity index (χ1n) is 11.7. The van der Waals surface area contributed by atoms with Gasteiger partial charge in [-0.05, 0) is 24.0 Å². The van der Waals surface area contributed by atoms with Crippen molar-refractivity contribution in [2.75, 3.05) is 18.4 Å². The highest BCUT2D eigenvalue weighted by Gasteiger charge is 2.24. The van der Waals surface area contributed by atoms with E-state index in [0.717, 1.165) is 42.6 Å². The first-order valence-corrected chi connectivity index (χ1v) is 11.7. The number of nitrogens with zero attached hydrogens (tertiary/aromatic N) is 5. The van der Waals surface area contributed by atoms with Gasteiger partial charge in [0.25, 0.3) is 5.56 Å². The smallest absolute Gasteiger partial charge is 0.332 e. The van der Waals surface area contributed by atoms with Crippen molar-refractivity contribution in [3.63, 3.8) is 0 Å². The average Bonchev–Trinajstić information content (AvgIpc) is 3.21. The number of aryl methyl sites for hydroxylation is 1. The number of rotatable bonds is 6. The molecule has 2 aromatic heterocycles. The molecule has 176 valence electrons. The molecule has 0 saturated carbocycles. The number of anilines is 1. The molecule has 0 radical (unpaired) electrons. The molecule has 2 aromatic carbocycles. The van der Waals surface area contributed by atoms with Gasteiger partial charge in [0, 0.05) is 39.8 Å². The Morgan fingerprint density at radius 1 is 0.853 bits per heavy atom. The summed E-state index contributed by atoms with van der Waals surface area (Å²) in [4.78, 5) is 32.8. The highest BCUT2D eigenvalue weighted by atomic mass is 16.2. The molecule has 0 spiro atoms. The number of imidazole rings is 1. The molecule has 0 amide bonds. The lowest BCUT2D eigenvalue weighted by atomic mass is 10.0. The molecule has 4 aromatic rings. The predicted octanol–water partition coefficient (Wildman–Crippen LogP) is 2.56. The number of piperidine rings is 1. The largest absolute Gasteiger partial charge is 0.353 e. The molecule has 1 aliphatic rings. The summed E-state index contributed by atoms with van der Waals surface area (Å²) in [6.07, 6.45) is 1.97. The topological polar surface area (TPSA) is 77.1 Å². The van der Waals surface area contributed by atoms with Crippen molar-refractivity contribution >= 4 is 17.1 Å². The molecule has 1 aliphatic heterocycles. The van der Waals surface area contributed by atoms with E-state index in [0.29, 0.717) is 23.7 Å². The Balaban J connectivity index is 1.42. The molecule has 0 unspecified atom stereocenters. The maximum atomic E-state index is 13.1. The van der Waals surface area contributed by atoms with Crippen LogP contribution in [-0.4, -0.2) is 42.7 Å². The number of aromatic nitrogens is 4. The lowest BCUT2D eigenvalue weighted by Gasteiger charge is -2.32. The van der Waals surface area contributed by atoms with Crippen molar-refractivity contribution < 1.29 is 0 Å². The van der Waals surface area contributed by atoms with Crippen LogP contribution in [0.5, 0.6) is 0 Å². The quantitative estimate of drug-likeness (QED) is 0.481. The summed E-state index contributed by atoms with van der Waals surface area (Å²) < 4.78 is 4.52. The van der Waals surface area contributed by atoms with Gasteiger partial charge in [0.2, 0.25) is 5.95 Å². The van der Waals surface area contributed by atoms with Gasteiger partial charge in [0.05, 0.1) is 6.54 Å². The third kappa shape index (κ3) is 4.28. The fourth-order valence-corrected chi connectivity index (χ4v) is 4.74. The van der Waals surface area contributed by atoms with Crippen molar-refractivity contribution in [3.8, 4) is 0 Å². The molecule has 34 heavy (non-hydrogen) atoms. The minimum absolute atomic E-state index is 0.249. The molecular formula is C26H30N6O2. The van der Waals surface area contributed by atoms with Crippen LogP contribution in [0, 0.1) is 0 Å². The Bertz CT molecular complexity index is 1400. The fourth-order valence-electron chi connectivity index (χ4n) is 4.74. The Morgan fingerprint density at radius 3 is 2.06 bits per heavy atom. The summed E-state index contributed by atoms with van der Waals surface area (Å²) >= 11 is 0. The van der Waals surface area contributed by atoms with E-state index in [4.69, 9.17) is 4.98 Å². The van der Waals surface area contributed by atoms with E-state index in [2.05, 4.69) is 34.5 Å². The van der Waals surface area contributed by atoms with Crippen LogP contribution in [0.15, 0.2) is 70.3 Å². The van der Waals surface area contributed by atoms with E-state index in [1.165, 1.54) is 17.2 Å². The van der Waals surface area contributed by atoms with E-state index >= 15 is 0 Å². The van der Waals surface area contributed by atoms with Gasteiger partial charge in [-0.15, -0.1) is 0 Å². The van der Waals surface area contributed by atoms with E-state index in [9.17, 15) is 9.59 Å². The lowest BCUT2D eigenvalue weighted by Crippen LogP contribution is -2.39. The number of nitrogens with one attached hydrogen (secondary N) is 1. The van der Waals surface area contributed by atoms with Crippen molar-refractivity contribution in [2.45, 2.75) is 32.0 Å². The summed E-state index contributed by atoms with van der Waals surface area (Å²) in [5, 5.41) is 3.60. The number of benzene rings is 2. The average molecular weight is 459 g/mol. The Kier molecular flexibility index (Phi) is 6.06. The van der Waals surface area contributed by atoms with Crippen LogP contribution in [0.3, 0.4) is 0 Å². The second-order valence-corrected chi connectivity index (χ2v) is 9.07. The van der Waals surface area contributed by atoms with Crippen molar-refractivity contribution in [1.82, 2.24) is 23.6 Å². The van der Waals surface area contributed by atoms with E-state index in [1.54, 1.807) is 7.05 Å². The SMILES string of the molecule is Cn1c(=O)c2c(nc(NC3CCN(Cc4ccccc4)CC3)n2Cc2ccccc2)n(C)c1=O. The third-order valence-electron chi connectivity index (χ3n) is 6.70. The minimum atomic E-state index is -0.373. The fraction of sp³-hybridized carbons (Fsp3) is 0.346. The molecule has 0 aliphatic carbocycles. The summed E-state index contributed by atoms with van der Waals surface area (Å²) in [6.45, 7) is 3.44. The Hall–Kier alpha value is -3.65. The van der Waals surface area contributed by atoms with Gasteiger partial charge in [-0.2, -0.15) is 4.98 Å². The zero-order valence-corrected chi connectivity index (χ0v) is 19.6. The molecule has 8 heteroatoms. The molecule has 0 atom stereocenters. The predicted molar refractivity (Wildman–Crippen MR) is 134 cm³/mol. The molecule has 0 bridgehead atoms.